The van der Waals surface area contributed by atoms with E-state index in [0.717, 1.165) is 36.7 Å². The third-order valence-electron chi connectivity index (χ3n) is 1.89. The topological polar surface area (TPSA) is 29.5 Å². The number of benzene rings is 1. The monoisotopic (exact) mass is 226 g/mol. The van der Waals surface area contributed by atoms with Crippen molar-refractivity contribution in [1.29, 1.82) is 0 Å². The van der Waals surface area contributed by atoms with Crippen molar-refractivity contribution in [1.82, 2.24) is 0 Å². The zero-order valence-corrected chi connectivity index (χ0v) is 9.71. The van der Waals surface area contributed by atoms with Crippen LogP contribution in [0.25, 0.3) is 0 Å². The molecular formula is C12H18O2S. The Morgan fingerprint density at radius 1 is 1.07 bits per heavy atom. The molecule has 3 heteroatoms. The molecule has 0 radical (unpaired) electrons. The van der Waals surface area contributed by atoms with Crippen molar-refractivity contribution in [3.05, 3.63) is 30.3 Å². The Labute approximate surface area is 95.7 Å². The molecule has 0 aliphatic heterocycles. The Hall–Kier alpha value is -0.670. The fraction of sp³-hybridized carbons (Fsp3) is 0.500. The Morgan fingerprint density at radius 3 is 2.53 bits per heavy atom. The van der Waals surface area contributed by atoms with Gasteiger partial charge in [0, 0.05) is 6.61 Å². The SMILES string of the molecule is OCCCSCCCOc1ccccc1. The minimum absolute atomic E-state index is 0.299. The number of hydrogen-bond acceptors (Lipinski definition) is 3. The quantitative estimate of drug-likeness (QED) is 0.691. The van der Waals surface area contributed by atoms with Gasteiger partial charge in [-0.15, -0.1) is 0 Å². The molecule has 1 N–H and O–H groups in total. The van der Waals surface area contributed by atoms with Gasteiger partial charge >= 0.3 is 0 Å². The van der Waals surface area contributed by atoms with Crippen molar-refractivity contribution in [3.63, 3.8) is 0 Å². The number of aliphatic hydroxyl groups is 1. The maximum atomic E-state index is 8.58. The van der Waals surface area contributed by atoms with Crippen LogP contribution in [0.1, 0.15) is 12.8 Å². The van der Waals surface area contributed by atoms with Crippen molar-refractivity contribution >= 4 is 11.8 Å². The van der Waals surface area contributed by atoms with Crippen LogP contribution in [0.15, 0.2) is 30.3 Å². The zero-order valence-electron chi connectivity index (χ0n) is 8.89. The van der Waals surface area contributed by atoms with Gasteiger partial charge in [-0.25, -0.2) is 0 Å². The minimum Gasteiger partial charge on any atom is -0.494 e. The van der Waals surface area contributed by atoms with E-state index in [-0.39, 0.29) is 0 Å². The minimum atomic E-state index is 0.299. The highest BCUT2D eigenvalue weighted by Gasteiger charge is 1.92. The summed E-state index contributed by atoms with van der Waals surface area (Å²) in [6.07, 6.45) is 1.95. The number of aliphatic hydroxyl groups excluding tert-OH is 1. The molecule has 0 amide bonds. The first-order valence-electron chi connectivity index (χ1n) is 5.30. The summed E-state index contributed by atoms with van der Waals surface area (Å²) >= 11 is 1.87. The Morgan fingerprint density at radius 2 is 1.80 bits per heavy atom. The first-order valence-corrected chi connectivity index (χ1v) is 6.45. The van der Waals surface area contributed by atoms with Crippen LogP contribution in [-0.4, -0.2) is 29.8 Å². The third-order valence-corrected chi connectivity index (χ3v) is 3.05. The van der Waals surface area contributed by atoms with Crippen LogP contribution in [0, 0.1) is 0 Å². The van der Waals surface area contributed by atoms with Gasteiger partial charge in [-0.1, -0.05) is 18.2 Å². The lowest BCUT2D eigenvalue weighted by molar-refractivity contribution is 0.296. The van der Waals surface area contributed by atoms with Crippen LogP contribution in [0.2, 0.25) is 0 Å². The number of rotatable bonds is 8. The maximum absolute atomic E-state index is 8.58. The van der Waals surface area contributed by atoms with Gasteiger partial charge in [0.1, 0.15) is 5.75 Å². The van der Waals surface area contributed by atoms with E-state index in [1.165, 1.54) is 0 Å². The van der Waals surface area contributed by atoms with E-state index in [2.05, 4.69) is 0 Å². The summed E-state index contributed by atoms with van der Waals surface area (Å²) in [5.74, 6) is 3.09. The molecule has 1 aromatic rings. The molecule has 0 bridgehead atoms. The molecule has 0 heterocycles. The fourth-order valence-corrected chi connectivity index (χ4v) is 2.00. The summed E-state index contributed by atoms with van der Waals surface area (Å²) in [6.45, 7) is 1.07. The second-order valence-electron chi connectivity index (χ2n) is 3.20. The molecule has 0 aliphatic carbocycles. The van der Waals surface area contributed by atoms with E-state index in [0.29, 0.717) is 6.61 Å². The Bertz CT molecular complexity index is 239. The van der Waals surface area contributed by atoms with Gasteiger partial charge in [-0.3, -0.25) is 0 Å². The summed E-state index contributed by atoms with van der Waals surface area (Å²) in [6, 6.07) is 9.88. The van der Waals surface area contributed by atoms with E-state index in [9.17, 15) is 0 Å². The van der Waals surface area contributed by atoms with Crippen molar-refractivity contribution in [3.8, 4) is 5.75 Å². The van der Waals surface area contributed by atoms with Crippen LogP contribution in [0.4, 0.5) is 0 Å². The molecule has 0 spiro atoms. The largest absolute Gasteiger partial charge is 0.494 e. The fourth-order valence-electron chi connectivity index (χ4n) is 1.14. The van der Waals surface area contributed by atoms with Gasteiger partial charge in [0.2, 0.25) is 0 Å². The van der Waals surface area contributed by atoms with E-state index in [4.69, 9.17) is 9.84 Å². The van der Waals surface area contributed by atoms with Crippen molar-refractivity contribution in [2.24, 2.45) is 0 Å². The van der Waals surface area contributed by atoms with Gasteiger partial charge in [-0.2, -0.15) is 11.8 Å². The molecule has 0 aromatic heterocycles. The lowest BCUT2D eigenvalue weighted by Gasteiger charge is -2.05. The highest BCUT2D eigenvalue weighted by Crippen LogP contribution is 2.09. The van der Waals surface area contributed by atoms with Gasteiger partial charge in [-0.05, 0) is 36.5 Å². The van der Waals surface area contributed by atoms with Crippen LogP contribution in [0.5, 0.6) is 5.75 Å². The number of hydrogen-bond donors (Lipinski definition) is 1. The second kappa shape index (κ2) is 8.62. The Balaban J connectivity index is 1.93. The van der Waals surface area contributed by atoms with E-state index >= 15 is 0 Å². The molecule has 0 fully saturated rings. The van der Waals surface area contributed by atoms with Crippen molar-refractivity contribution < 1.29 is 9.84 Å². The zero-order chi connectivity index (χ0) is 10.8. The Kier molecular flexibility index (Phi) is 7.13. The number of ether oxygens (including phenoxy) is 1. The first kappa shape index (κ1) is 12.4. The predicted octanol–water partition coefficient (Wildman–Crippen LogP) is 2.57. The molecule has 0 saturated heterocycles. The molecule has 1 rings (SSSR count). The van der Waals surface area contributed by atoms with Gasteiger partial charge in [0.25, 0.3) is 0 Å². The van der Waals surface area contributed by atoms with Crippen molar-refractivity contribution in [2.75, 3.05) is 24.7 Å². The van der Waals surface area contributed by atoms with E-state index < -0.39 is 0 Å². The average molecular weight is 226 g/mol. The van der Waals surface area contributed by atoms with Gasteiger partial charge in [0.05, 0.1) is 6.61 Å². The lowest BCUT2D eigenvalue weighted by atomic mass is 10.3. The van der Waals surface area contributed by atoms with Crippen LogP contribution in [0.3, 0.4) is 0 Å². The highest BCUT2D eigenvalue weighted by molar-refractivity contribution is 7.99. The molecule has 2 nitrogen and oxygen atoms in total. The molecule has 1 aromatic carbocycles. The summed E-state index contributed by atoms with van der Waals surface area (Å²) in [5, 5.41) is 8.58. The number of thioether (sulfide) groups is 1. The molecule has 15 heavy (non-hydrogen) atoms. The van der Waals surface area contributed by atoms with Gasteiger partial charge in [0.15, 0.2) is 0 Å². The molecule has 84 valence electrons. The summed E-state index contributed by atoms with van der Waals surface area (Å²) < 4.78 is 5.55. The highest BCUT2D eigenvalue weighted by atomic mass is 32.2. The average Bonchev–Trinajstić information content (AvgIpc) is 2.29. The maximum Gasteiger partial charge on any atom is 0.119 e. The first-order chi connectivity index (χ1) is 7.43. The molecule has 0 aliphatic rings. The summed E-state index contributed by atoms with van der Waals surface area (Å²) in [7, 11) is 0. The smallest absolute Gasteiger partial charge is 0.119 e. The molecule has 0 saturated carbocycles. The molecule has 0 unspecified atom stereocenters. The predicted molar refractivity (Wildman–Crippen MR) is 65.6 cm³/mol. The van der Waals surface area contributed by atoms with Crippen LogP contribution < -0.4 is 4.74 Å². The van der Waals surface area contributed by atoms with Crippen molar-refractivity contribution in [2.45, 2.75) is 12.8 Å². The van der Waals surface area contributed by atoms with Crippen LogP contribution >= 0.6 is 11.8 Å². The standard InChI is InChI=1S/C12H18O2S/c13-8-4-10-15-11-5-9-14-12-6-2-1-3-7-12/h1-3,6-7,13H,4-5,8-11H2. The molecular weight excluding hydrogens is 208 g/mol. The third kappa shape index (κ3) is 6.42. The van der Waals surface area contributed by atoms with E-state index in [1.54, 1.807) is 0 Å². The number of para-hydroxylation sites is 1. The summed E-state index contributed by atoms with van der Waals surface area (Å²) in [5.41, 5.74) is 0. The van der Waals surface area contributed by atoms with E-state index in [1.807, 2.05) is 42.1 Å². The second-order valence-corrected chi connectivity index (χ2v) is 4.43. The van der Waals surface area contributed by atoms with Gasteiger partial charge < -0.3 is 9.84 Å². The lowest BCUT2D eigenvalue weighted by Crippen LogP contribution is -1.99. The summed E-state index contributed by atoms with van der Waals surface area (Å²) in [4.78, 5) is 0. The van der Waals surface area contributed by atoms with Crippen LogP contribution in [-0.2, 0) is 0 Å². The normalized spacial score (nSPS) is 10.2. The molecule has 0 atom stereocenters.